The van der Waals surface area contributed by atoms with Crippen molar-refractivity contribution < 1.29 is 27.4 Å². The molecule has 0 unspecified atom stereocenters. The van der Waals surface area contributed by atoms with Gasteiger partial charge in [0.05, 0.1) is 17.6 Å². The van der Waals surface area contributed by atoms with Crippen molar-refractivity contribution in [3.05, 3.63) is 47.5 Å². The number of ether oxygens (including phenoxy) is 3. The predicted molar refractivity (Wildman–Crippen MR) is 123 cm³/mol. The lowest BCUT2D eigenvalue weighted by Gasteiger charge is -2.30. The molecule has 0 saturated carbocycles. The van der Waals surface area contributed by atoms with Gasteiger partial charge < -0.3 is 19.1 Å². The van der Waals surface area contributed by atoms with E-state index in [0.717, 1.165) is 18.4 Å². The Bertz CT molecular complexity index is 1130. The molecule has 0 bridgehead atoms. The van der Waals surface area contributed by atoms with Crippen molar-refractivity contribution in [2.24, 2.45) is 5.92 Å². The van der Waals surface area contributed by atoms with E-state index in [1.165, 1.54) is 25.3 Å². The number of nitrogens with zero attached hydrogens (tertiary/aromatic N) is 1. The third-order valence-electron chi connectivity index (χ3n) is 6.18. The molecule has 1 saturated heterocycles. The van der Waals surface area contributed by atoms with Gasteiger partial charge in [-0.25, -0.2) is 13.1 Å². The Hall–Kier alpha value is -2.78. The fourth-order valence-electron chi connectivity index (χ4n) is 4.10. The van der Waals surface area contributed by atoms with Gasteiger partial charge in [0.1, 0.15) is 19.0 Å². The highest BCUT2D eigenvalue weighted by Crippen LogP contribution is 2.33. The minimum absolute atomic E-state index is 0.0152. The van der Waals surface area contributed by atoms with E-state index in [-0.39, 0.29) is 16.4 Å². The highest BCUT2D eigenvalue weighted by Gasteiger charge is 2.27. The summed E-state index contributed by atoms with van der Waals surface area (Å²) in [6.45, 7) is 6.18. The first-order valence-corrected chi connectivity index (χ1v) is 12.7. The molecule has 1 fully saturated rings. The quantitative estimate of drug-likeness (QED) is 0.690. The van der Waals surface area contributed by atoms with Crippen LogP contribution >= 0.6 is 0 Å². The summed E-state index contributed by atoms with van der Waals surface area (Å²) in [5.74, 6) is 1.96. The maximum Gasteiger partial charge on any atom is 0.257 e. The van der Waals surface area contributed by atoms with Crippen molar-refractivity contribution >= 4 is 15.9 Å². The molecule has 1 amide bonds. The monoisotopic (exact) mass is 474 g/mol. The summed E-state index contributed by atoms with van der Waals surface area (Å²) in [5, 5.41) is 0. The summed E-state index contributed by atoms with van der Waals surface area (Å²) in [7, 11) is -2.42. The first kappa shape index (κ1) is 23.4. The average Bonchev–Trinajstić information content (AvgIpc) is 2.83. The lowest BCUT2D eigenvalue weighted by Crippen LogP contribution is -2.38. The Labute approximate surface area is 194 Å². The number of rotatable bonds is 6. The van der Waals surface area contributed by atoms with Crippen molar-refractivity contribution in [1.29, 1.82) is 0 Å². The van der Waals surface area contributed by atoms with Crippen molar-refractivity contribution in [2.45, 2.75) is 37.6 Å². The summed E-state index contributed by atoms with van der Waals surface area (Å²) < 4.78 is 45.5. The minimum atomic E-state index is -3.90. The first-order valence-electron chi connectivity index (χ1n) is 11.2. The third-order valence-corrected chi connectivity index (χ3v) is 7.72. The number of amides is 1. The number of methoxy groups -OCH3 is 1. The highest BCUT2D eigenvalue weighted by atomic mass is 32.2. The van der Waals surface area contributed by atoms with E-state index in [2.05, 4.69) is 11.6 Å². The highest BCUT2D eigenvalue weighted by molar-refractivity contribution is 7.89. The molecule has 9 heteroatoms. The van der Waals surface area contributed by atoms with Crippen LogP contribution in [0.5, 0.6) is 17.2 Å². The molecule has 1 N–H and O–H groups in total. The zero-order valence-electron chi connectivity index (χ0n) is 19.2. The van der Waals surface area contributed by atoms with Crippen molar-refractivity contribution in [2.75, 3.05) is 33.4 Å². The average molecular weight is 475 g/mol. The molecule has 2 aromatic carbocycles. The second-order valence-corrected chi connectivity index (χ2v) is 10.3. The molecule has 2 aromatic rings. The fourth-order valence-corrected chi connectivity index (χ4v) is 5.36. The molecule has 2 aliphatic heterocycles. The second kappa shape index (κ2) is 9.61. The van der Waals surface area contributed by atoms with Crippen molar-refractivity contribution in [1.82, 2.24) is 9.62 Å². The Morgan fingerprint density at radius 2 is 1.79 bits per heavy atom. The first-order chi connectivity index (χ1) is 15.8. The molecular formula is C24H30N2O6S. The van der Waals surface area contributed by atoms with Gasteiger partial charge >= 0.3 is 0 Å². The Kier molecular flexibility index (Phi) is 6.81. The predicted octanol–water partition coefficient (Wildman–Crippen LogP) is 3.38. The standard InChI is InChI=1S/C24H30N2O6S/c1-16-8-10-26(11-9-16)24(27)20-15-19(5-7-21(20)30-3)33(28,29)25-17(2)18-4-6-22-23(14-18)32-13-12-31-22/h4-7,14-17,25H,8-13H2,1-3H3/t17-/m1/s1. The molecular weight excluding hydrogens is 444 g/mol. The number of carbonyl (C=O) groups excluding carboxylic acids is 1. The van der Waals surface area contributed by atoms with Gasteiger partial charge in [0.2, 0.25) is 10.0 Å². The number of likely N-dealkylation sites (tertiary alicyclic amines) is 1. The molecule has 4 rings (SSSR count). The molecule has 0 aliphatic carbocycles. The van der Waals surface area contributed by atoms with Crippen molar-refractivity contribution in [3.63, 3.8) is 0 Å². The number of nitrogens with one attached hydrogen (secondary N) is 1. The van der Waals surface area contributed by atoms with Crippen LogP contribution in [0.15, 0.2) is 41.3 Å². The van der Waals surface area contributed by atoms with Gasteiger partial charge in [-0.05, 0) is 61.6 Å². The zero-order valence-corrected chi connectivity index (χ0v) is 20.0. The van der Waals surface area contributed by atoms with E-state index in [1.807, 2.05) is 0 Å². The van der Waals surface area contributed by atoms with Crippen LogP contribution in [-0.2, 0) is 10.0 Å². The normalized spacial score (nSPS) is 17.5. The molecule has 1 atom stereocenters. The minimum Gasteiger partial charge on any atom is -0.496 e. The van der Waals surface area contributed by atoms with E-state index in [1.54, 1.807) is 30.0 Å². The SMILES string of the molecule is COc1ccc(S(=O)(=O)N[C@H](C)c2ccc3c(c2)OCCO3)cc1C(=O)N1CCC(C)CC1. The van der Waals surface area contributed by atoms with Crippen LogP contribution in [0.4, 0.5) is 0 Å². The summed E-state index contributed by atoms with van der Waals surface area (Å²) in [4.78, 5) is 14.9. The van der Waals surface area contributed by atoms with Gasteiger partial charge in [0.15, 0.2) is 11.5 Å². The molecule has 0 spiro atoms. The molecule has 2 aliphatic rings. The number of fused-ring (bicyclic) bond motifs is 1. The van der Waals surface area contributed by atoms with Crippen LogP contribution in [0, 0.1) is 5.92 Å². The van der Waals surface area contributed by atoms with Crippen LogP contribution in [0.25, 0.3) is 0 Å². The number of piperidine rings is 1. The largest absolute Gasteiger partial charge is 0.496 e. The van der Waals surface area contributed by atoms with Crippen LogP contribution < -0.4 is 18.9 Å². The summed E-state index contributed by atoms with van der Waals surface area (Å²) in [6, 6.07) is 9.23. The Morgan fingerprint density at radius 1 is 1.09 bits per heavy atom. The van der Waals surface area contributed by atoms with Crippen LogP contribution in [-0.4, -0.2) is 52.6 Å². The van der Waals surface area contributed by atoms with E-state index >= 15 is 0 Å². The molecule has 0 radical (unpaired) electrons. The number of sulfonamides is 1. The second-order valence-electron chi connectivity index (χ2n) is 8.58. The van der Waals surface area contributed by atoms with E-state index in [4.69, 9.17) is 14.2 Å². The topological polar surface area (TPSA) is 94.2 Å². The third kappa shape index (κ3) is 5.09. The van der Waals surface area contributed by atoms with Crippen molar-refractivity contribution in [3.8, 4) is 17.2 Å². The lowest BCUT2D eigenvalue weighted by molar-refractivity contribution is 0.0693. The van der Waals surface area contributed by atoms with Crippen LogP contribution in [0.3, 0.4) is 0 Å². The molecule has 2 heterocycles. The summed E-state index contributed by atoms with van der Waals surface area (Å²) in [6.07, 6.45) is 1.86. The molecule has 8 nitrogen and oxygen atoms in total. The maximum absolute atomic E-state index is 13.2. The summed E-state index contributed by atoms with van der Waals surface area (Å²) >= 11 is 0. The van der Waals surface area contributed by atoms with Gasteiger partial charge in [-0.3, -0.25) is 4.79 Å². The van der Waals surface area contributed by atoms with E-state index in [0.29, 0.717) is 49.5 Å². The van der Waals surface area contributed by atoms with Gasteiger partial charge in [-0.1, -0.05) is 13.0 Å². The van der Waals surface area contributed by atoms with Gasteiger partial charge in [-0.15, -0.1) is 0 Å². The van der Waals surface area contributed by atoms with E-state index in [9.17, 15) is 13.2 Å². The van der Waals surface area contributed by atoms with Gasteiger partial charge in [0.25, 0.3) is 5.91 Å². The number of hydrogen-bond acceptors (Lipinski definition) is 6. The zero-order chi connectivity index (χ0) is 23.6. The number of carbonyl (C=O) groups is 1. The molecule has 33 heavy (non-hydrogen) atoms. The lowest BCUT2D eigenvalue weighted by atomic mass is 9.98. The molecule has 0 aromatic heterocycles. The van der Waals surface area contributed by atoms with Crippen LogP contribution in [0.1, 0.15) is 48.7 Å². The Morgan fingerprint density at radius 3 is 2.48 bits per heavy atom. The van der Waals surface area contributed by atoms with Gasteiger partial charge in [-0.2, -0.15) is 0 Å². The smallest absolute Gasteiger partial charge is 0.257 e. The van der Waals surface area contributed by atoms with Crippen LogP contribution in [0.2, 0.25) is 0 Å². The fraction of sp³-hybridized carbons (Fsp3) is 0.458. The maximum atomic E-state index is 13.2. The van der Waals surface area contributed by atoms with Gasteiger partial charge in [0, 0.05) is 19.1 Å². The number of hydrogen-bond donors (Lipinski definition) is 1. The number of benzene rings is 2. The van der Waals surface area contributed by atoms with E-state index < -0.39 is 16.1 Å². The summed E-state index contributed by atoms with van der Waals surface area (Å²) in [5.41, 5.74) is 0.997. The Balaban J connectivity index is 1.56. The molecule has 178 valence electrons.